The van der Waals surface area contributed by atoms with Crippen molar-refractivity contribution >= 4 is 29.0 Å². The number of rotatable bonds is 8. The van der Waals surface area contributed by atoms with Gasteiger partial charge in [0.25, 0.3) is 11.4 Å². The standard InChI is InChI=1S/C18H13F6N3O5S/c19-17(20,21)10-25(8-11-3-1-2-4-13(11)26(29)30)16(28)9-33-15-6-5-12(18(22,23)24)7-14(15)27(31)32/h1-7H,8-10H2. The first-order valence-electron chi connectivity index (χ1n) is 8.74. The Balaban J connectivity index is 2.27. The zero-order valence-corrected chi connectivity index (χ0v) is 17.0. The topological polar surface area (TPSA) is 107 Å². The van der Waals surface area contributed by atoms with Crippen molar-refractivity contribution in [1.82, 2.24) is 4.90 Å². The number of carbonyl (C=O) groups is 1. The maximum Gasteiger partial charge on any atom is 0.416 e. The number of para-hydroxylation sites is 1. The van der Waals surface area contributed by atoms with Crippen molar-refractivity contribution in [2.45, 2.75) is 23.8 Å². The second-order valence-corrected chi connectivity index (χ2v) is 7.49. The number of nitro benzene ring substituents is 2. The molecule has 33 heavy (non-hydrogen) atoms. The first kappa shape index (κ1) is 25.9. The van der Waals surface area contributed by atoms with Gasteiger partial charge in [-0.15, -0.1) is 11.8 Å². The molecular formula is C18H13F6N3O5S. The summed E-state index contributed by atoms with van der Waals surface area (Å²) in [4.78, 5) is 32.7. The number of hydrogen-bond donors (Lipinski definition) is 0. The van der Waals surface area contributed by atoms with E-state index in [2.05, 4.69) is 0 Å². The van der Waals surface area contributed by atoms with E-state index in [1.54, 1.807) is 0 Å². The number of halogens is 6. The van der Waals surface area contributed by atoms with Gasteiger partial charge >= 0.3 is 12.4 Å². The molecule has 0 bridgehead atoms. The van der Waals surface area contributed by atoms with Gasteiger partial charge in [0.2, 0.25) is 5.91 Å². The molecule has 0 aliphatic heterocycles. The summed E-state index contributed by atoms with van der Waals surface area (Å²) in [7, 11) is 0. The van der Waals surface area contributed by atoms with E-state index in [4.69, 9.17) is 0 Å². The number of thioether (sulfide) groups is 1. The first-order chi connectivity index (χ1) is 15.2. The third-order valence-electron chi connectivity index (χ3n) is 4.11. The lowest BCUT2D eigenvalue weighted by Gasteiger charge is -2.24. The zero-order chi connectivity index (χ0) is 25.0. The summed E-state index contributed by atoms with van der Waals surface area (Å²) >= 11 is 0.377. The van der Waals surface area contributed by atoms with E-state index in [1.165, 1.54) is 18.2 Å². The molecular weight excluding hydrogens is 484 g/mol. The van der Waals surface area contributed by atoms with E-state index in [-0.39, 0.29) is 21.4 Å². The van der Waals surface area contributed by atoms with Crippen LogP contribution in [0.2, 0.25) is 0 Å². The Morgan fingerprint density at radius 3 is 2.09 bits per heavy atom. The number of benzene rings is 2. The minimum absolute atomic E-state index is 0.175. The molecule has 0 heterocycles. The largest absolute Gasteiger partial charge is 0.416 e. The normalized spacial score (nSPS) is 11.8. The number of amides is 1. The number of nitrogens with zero attached hydrogens (tertiary/aromatic N) is 3. The fraction of sp³-hybridized carbons (Fsp3) is 0.278. The lowest BCUT2D eigenvalue weighted by molar-refractivity contribution is -0.388. The maximum absolute atomic E-state index is 13.0. The molecule has 0 radical (unpaired) electrons. The zero-order valence-electron chi connectivity index (χ0n) is 16.2. The predicted octanol–water partition coefficient (Wildman–Crippen LogP) is 5.21. The van der Waals surface area contributed by atoms with Crippen molar-refractivity contribution in [2.75, 3.05) is 12.3 Å². The van der Waals surface area contributed by atoms with Crippen molar-refractivity contribution in [3.05, 3.63) is 73.8 Å². The minimum Gasteiger partial charge on any atom is -0.328 e. The fourth-order valence-corrected chi connectivity index (χ4v) is 3.57. The highest BCUT2D eigenvalue weighted by Crippen LogP contribution is 2.36. The van der Waals surface area contributed by atoms with Crippen LogP contribution in [-0.4, -0.2) is 39.1 Å². The molecule has 0 N–H and O–H groups in total. The summed E-state index contributed by atoms with van der Waals surface area (Å²) in [6, 6.07) is 6.38. The molecule has 1 amide bonds. The Kier molecular flexibility index (Phi) is 7.89. The molecule has 15 heteroatoms. The first-order valence-corrected chi connectivity index (χ1v) is 9.73. The van der Waals surface area contributed by atoms with E-state index in [9.17, 15) is 51.4 Å². The van der Waals surface area contributed by atoms with Gasteiger partial charge in [-0.1, -0.05) is 18.2 Å². The highest BCUT2D eigenvalue weighted by molar-refractivity contribution is 8.00. The smallest absolute Gasteiger partial charge is 0.328 e. The molecule has 0 fully saturated rings. The SMILES string of the molecule is O=C(CSc1ccc(C(F)(F)F)cc1[N+](=O)[O-])N(Cc1ccccc1[N+](=O)[O-])CC(F)(F)F. The second-order valence-electron chi connectivity index (χ2n) is 6.48. The monoisotopic (exact) mass is 497 g/mol. The Bertz CT molecular complexity index is 1060. The van der Waals surface area contributed by atoms with E-state index in [0.717, 1.165) is 12.1 Å². The van der Waals surface area contributed by atoms with Crippen LogP contribution in [0.4, 0.5) is 37.7 Å². The van der Waals surface area contributed by atoms with Crippen LogP contribution in [0, 0.1) is 20.2 Å². The van der Waals surface area contributed by atoms with E-state index >= 15 is 0 Å². The summed E-state index contributed by atoms with van der Waals surface area (Å²) in [5, 5.41) is 22.2. The molecule has 0 aromatic heterocycles. The van der Waals surface area contributed by atoms with Gasteiger partial charge in [0, 0.05) is 17.7 Å². The summed E-state index contributed by atoms with van der Waals surface area (Å²) in [6.07, 6.45) is -9.72. The van der Waals surface area contributed by atoms with E-state index < -0.39 is 63.9 Å². The average Bonchev–Trinajstić information content (AvgIpc) is 2.69. The van der Waals surface area contributed by atoms with Gasteiger partial charge in [-0.05, 0) is 12.1 Å². The molecule has 0 atom stereocenters. The molecule has 0 aliphatic carbocycles. The summed E-state index contributed by atoms with van der Waals surface area (Å²) in [5.41, 5.74) is -2.96. The fourth-order valence-electron chi connectivity index (χ4n) is 2.67. The van der Waals surface area contributed by atoms with Crippen LogP contribution in [0.1, 0.15) is 11.1 Å². The van der Waals surface area contributed by atoms with Gasteiger partial charge in [-0.2, -0.15) is 26.3 Å². The predicted molar refractivity (Wildman–Crippen MR) is 103 cm³/mol. The summed E-state index contributed by atoms with van der Waals surface area (Å²) in [6.45, 7) is -2.53. The van der Waals surface area contributed by atoms with Crippen LogP contribution in [0.25, 0.3) is 0 Å². The van der Waals surface area contributed by atoms with Crippen LogP contribution in [0.5, 0.6) is 0 Å². The highest BCUT2D eigenvalue weighted by Gasteiger charge is 2.35. The van der Waals surface area contributed by atoms with E-state index in [0.29, 0.717) is 17.8 Å². The lowest BCUT2D eigenvalue weighted by atomic mass is 10.1. The molecule has 2 aromatic carbocycles. The van der Waals surface area contributed by atoms with Crippen molar-refractivity contribution in [1.29, 1.82) is 0 Å². The molecule has 0 saturated carbocycles. The Labute approximate surface area is 185 Å². The molecule has 0 unspecified atom stereocenters. The molecule has 0 spiro atoms. The number of nitro groups is 2. The quantitative estimate of drug-likeness (QED) is 0.215. The molecule has 2 aromatic rings. The second kappa shape index (κ2) is 10.1. The van der Waals surface area contributed by atoms with Crippen LogP contribution >= 0.6 is 11.8 Å². The number of alkyl halides is 6. The van der Waals surface area contributed by atoms with Crippen LogP contribution in [0.3, 0.4) is 0 Å². The Morgan fingerprint density at radius 1 is 0.939 bits per heavy atom. The number of hydrogen-bond acceptors (Lipinski definition) is 6. The highest BCUT2D eigenvalue weighted by atomic mass is 32.2. The van der Waals surface area contributed by atoms with Crippen molar-refractivity contribution < 1.29 is 41.0 Å². The summed E-state index contributed by atoms with van der Waals surface area (Å²) in [5.74, 6) is -1.97. The molecule has 0 aliphatic rings. The van der Waals surface area contributed by atoms with Gasteiger partial charge < -0.3 is 4.90 Å². The van der Waals surface area contributed by atoms with Gasteiger partial charge in [-0.3, -0.25) is 25.0 Å². The minimum atomic E-state index is -4.86. The van der Waals surface area contributed by atoms with Crippen molar-refractivity contribution in [3.63, 3.8) is 0 Å². The number of carbonyl (C=O) groups excluding carboxylic acids is 1. The third kappa shape index (κ3) is 7.34. The van der Waals surface area contributed by atoms with Gasteiger partial charge in [-0.25, -0.2) is 0 Å². The van der Waals surface area contributed by atoms with Gasteiger partial charge in [0.1, 0.15) is 6.54 Å². The lowest BCUT2D eigenvalue weighted by Crippen LogP contribution is -2.39. The average molecular weight is 497 g/mol. The van der Waals surface area contributed by atoms with Crippen LogP contribution in [0.15, 0.2) is 47.4 Å². The molecule has 2 rings (SSSR count). The van der Waals surface area contributed by atoms with Crippen LogP contribution < -0.4 is 0 Å². The third-order valence-corrected chi connectivity index (χ3v) is 5.15. The van der Waals surface area contributed by atoms with Crippen LogP contribution in [-0.2, 0) is 17.5 Å². The van der Waals surface area contributed by atoms with Gasteiger partial charge in [0.15, 0.2) is 0 Å². The molecule has 178 valence electrons. The van der Waals surface area contributed by atoms with Gasteiger partial charge in [0.05, 0.1) is 32.6 Å². The Hall–Kier alpha value is -3.36. The van der Waals surface area contributed by atoms with E-state index in [1.807, 2.05) is 0 Å². The Morgan fingerprint density at radius 2 is 1.55 bits per heavy atom. The molecule has 8 nitrogen and oxygen atoms in total. The molecule has 0 saturated heterocycles. The van der Waals surface area contributed by atoms with Crippen molar-refractivity contribution in [3.8, 4) is 0 Å². The summed E-state index contributed by atoms with van der Waals surface area (Å²) < 4.78 is 77.3. The maximum atomic E-state index is 13.0. The van der Waals surface area contributed by atoms with Crippen molar-refractivity contribution in [2.24, 2.45) is 0 Å².